The third-order valence-corrected chi connectivity index (χ3v) is 6.19. The zero-order chi connectivity index (χ0) is 23.4. The monoisotopic (exact) mass is 444 g/mol. The van der Waals surface area contributed by atoms with Gasteiger partial charge in [-0.2, -0.15) is 0 Å². The van der Waals surface area contributed by atoms with Crippen LogP contribution in [-0.4, -0.2) is 9.55 Å². The second-order valence-corrected chi connectivity index (χ2v) is 8.16. The van der Waals surface area contributed by atoms with E-state index in [0.29, 0.717) is 5.69 Å². The van der Waals surface area contributed by atoms with Crippen molar-refractivity contribution >= 4 is 21.5 Å². The van der Waals surface area contributed by atoms with Gasteiger partial charge in [-0.15, -0.1) is 0 Å². The van der Waals surface area contributed by atoms with E-state index in [-0.39, 0.29) is 21.5 Å². The molecule has 0 fully saturated rings. The van der Waals surface area contributed by atoms with Crippen LogP contribution in [0.1, 0.15) is 0 Å². The van der Waals surface area contributed by atoms with Gasteiger partial charge in [0.05, 0.1) is 27.2 Å². The minimum Gasteiger partial charge on any atom is -0.288 e. The van der Waals surface area contributed by atoms with Crippen molar-refractivity contribution in [2.75, 3.05) is 0 Å². The molecule has 0 amide bonds. The van der Waals surface area contributed by atoms with E-state index in [4.69, 9.17) is 0 Å². The van der Waals surface area contributed by atoms with Crippen LogP contribution >= 0.6 is 0 Å². The lowest BCUT2D eigenvalue weighted by Crippen LogP contribution is -2.23. The fraction of sp³-hybridized carbons (Fsp3) is 0. The number of benzene rings is 4. The van der Waals surface area contributed by atoms with Crippen molar-refractivity contribution < 1.29 is 0 Å². The summed E-state index contributed by atoms with van der Waals surface area (Å²) in [5, 5.41) is 0.463. The van der Waals surface area contributed by atoms with Crippen molar-refractivity contribution in [1.82, 2.24) is 9.55 Å². The molecule has 0 radical (unpaired) electrons. The maximum atomic E-state index is 13.0. The second-order valence-electron chi connectivity index (χ2n) is 8.16. The summed E-state index contributed by atoms with van der Waals surface area (Å²) in [6.07, 6.45) is 0. The molecular formula is C28H16N2O4. The number of aromatic nitrogens is 2. The van der Waals surface area contributed by atoms with Crippen molar-refractivity contribution in [3.05, 3.63) is 132 Å². The normalized spacial score (nSPS) is 11.4. The topological polar surface area (TPSA) is 89.0 Å². The maximum absolute atomic E-state index is 13.0. The van der Waals surface area contributed by atoms with Gasteiger partial charge < -0.3 is 0 Å². The molecule has 0 saturated carbocycles. The highest BCUT2D eigenvalue weighted by molar-refractivity contribution is 5.98. The number of rotatable bonds is 3. The molecule has 2 aromatic heterocycles. The first-order valence-electron chi connectivity index (χ1n) is 10.7. The molecule has 0 unspecified atom stereocenters. The second kappa shape index (κ2) is 7.35. The highest BCUT2D eigenvalue weighted by atomic mass is 16.2. The lowest BCUT2D eigenvalue weighted by Gasteiger charge is -2.06. The number of hydrogen-bond acceptors (Lipinski definition) is 4. The Bertz CT molecular complexity index is 1830. The first-order chi connectivity index (χ1) is 16.5. The molecule has 0 aliphatic heterocycles. The molecular weight excluding hydrogens is 428 g/mol. The summed E-state index contributed by atoms with van der Waals surface area (Å²) in [7, 11) is 0. The first-order valence-corrected chi connectivity index (χ1v) is 10.7. The molecule has 2 heterocycles. The van der Waals surface area contributed by atoms with Gasteiger partial charge in [-0.1, -0.05) is 66.7 Å². The van der Waals surface area contributed by atoms with E-state index in [0.717, 1.165) is 26.8 Å². The van der Waals surface area contributed by atoms with E-state index in [1.165, 1.54) is 12.1 Å². The van der Waals surface area contributed by atoms with Crippen LogP contribution in [0.2, 0.25) is 0 Å². The molecule has 0 saturated heterocycles. The van der Waals surface area contributed by atoms with Crippen molar-refractivity contribution in [3.63, 3.8) is 0 Å². The van der Waals surface area contributed by atoms with Crippen molar-refractivity contribution in [3.8, 4) is 27.9 Å². The van der Waals surface area contributed by atoms with Crippen LogP contribution in [0.25, 0.3) is 49.5 Å². The molecule has 34 heavy (non-hydrogen) atoms. The molecule has 0 spiro atoms. The standard InChI is InChI=1S/C28H16N2O4/c31-25-21-14-23-24(15-22(21)26(32)29-25)28(34)30(27(23)33)20-12-10-19(11-13-20)18-8-6-17(7-9-18)16-4-2-1-3-5-16/h1-15H,(H,29,31,32). The fourth-order valence-corrected chi connectivity index (χ4v) is 4.42. The van der Waals surface area contributed by atoms with Crippen molar-refractivity contribution in [1.29, 1.82) is 0 Å². The number of aromatic amines is 1. The number of fused-ring (bicyclic) bond motifs is 2. The predicted octanol–water partition coefficient (Wildman–Crippen LogP) is 3.76. The Morgan fingerprint density at radius 1 is 0.471 bits per heavy atom. The summed E-state index contributed by atoms with van der Waals surface area (Å²) < 4.78 is 1.07. The molecule has 6 rings (SSSR count). The van der Waals surface area contributed by atoms with Gasteiger partial charge in [0.1, 0.15) is 0 Å². The van der Waals surface area contributed by atoms with Gasteiger partial charge in [-0.3, -0.25) is 24.2 Å². The summed E-state index contributed by atoms with van der Waals surface area (Å²) in [6.45, 7) is 0. The Balaban J connectivity index is 1.40. The maximum Gasteiger partial charge on any atom is 0.266 e. The molecule has 1 N–H and O–H groups in total. The minimum absolute atomic E-state index is 0.112. The van der Waals surface area contributed by atoms with Crippen LogP contribution in [-0.2, 0) is 0 Å². The van der Waals surface area contributed by atoms with Gasteiger partial charge in [0.25, 0.3) is 22.2 Å². The Kier molecular flexibility index (Phi) is 4.28. The largest absolute Gasteiger partial charge is 0.288 e. The average molecular weight is 444 g/mol. The van der Waals surface area contributed by atoms with E-state index in [1.54, 1.807) is 12.1 Å². The van der Waals surface area contributed by atoms with Crippen molar-refractivity contribution in [2.45, 2.75) is 0 Å². The lowest BCUT2D eigenvalue weighted by atomic mass is 10.0. The fourth-order valence-electron chi connectivity index (χ4n) is 4.42. The third kappa shape index (κ3) is 2.97. The number of nitrogens with one attached hydrogen (secondary N) is 1. The smallest absolute Gasteiger partial charge is 0.266 e. The van der Waals surface area contributed by atoms with Gasteiger partial charge in [0, 0.05) is 0 Å². The predicted molar refractivity (Wildman–Crippen MR) is 133 cm³/mol. The number of H-pyrrole nitrogens is 1. The summed E-state index contributed by atoms with van der Waals surface area (Å²) >= 11 is 0. The molecule has 4 aromatic carbocycles. The SMILES string of the molecule is O=c1[nH]c(=O)c2cc3c(=O)n(-c4ccc(-c5ccc(-c6ccccc6)cc5)cc4)c(=O)c3cc12. The van der Waals surface area contributed by atoms with Crippen LogP contribution < -0.4 is 22.2 Å². The Morgan fingerprint density at radius 3 is 1.35 bits per heavy atom. The molecule has 6 aromatic rings. The van der Waals surface area contributed by atoms with Crippen LogP contribution in [0.3, 0.4) is 0 Å². The molecule has 0 aliphatic rings. The zero-order valence-electron chi connectivity index (χ0n) is 17.7. The highest BCUT2D eigenvalue weighted by Crippen LogP contribution is 2.25. The van der Waals surface area contributed by atoms with Crippen LogP contribution in [0.5, 0.6) is 0 Å². The third-order valence-electron chi connectivity index (χ3n) is 6.19. The molecule has 0 bridgehead atoms. The van der Waals surface area contributed by atoms with Gasteiger partial charge in [0.2, 0.25) is 0 Å². The van der Waals surface area contributed by atoms with Gasteiger partial charge in [-0.25, -0.2) is 4.57 Å². The molecule has 6 heteroatoms. The Morgan fingerprint density at radius 2 is 0.882 bits per heavy atom. The quantitative estimate of drug-likeness (QED) is 0.450. The molecule has 0 atom stereocenters. The number of hydrogen-bond donors (Lipinski definition) is 1. The van der Waals surface area contributed by atoms with Crippen LogP contribution in [0.15, 0.2) is 110 Å². The zero-order valence-corrected chi connectivity index (χ0v) is 17.7. The van der Waals surface area contributed by atoms with E-state index in [2.05, 4.69) is 29.2 Å². The average Bonchev–Trinajstić information content (AvgIpc) is 3.30. The van der Waals surface area contributed by atoms with E-state index in [9.17, 15) is 19.2 Å². The van der Waals surface area contributed by atoms with Crippen molar-refractivity contribution in [2.24, 2.45) is 0 Å². The van der Waals surface area contributed by atoms with E-state index in [1.807, 2.05) is 42.5 Å². The Hall–Kier alpha value is -4.84. The van der Waals surface area contributed by atoms with Gasteiger partial charge in [-0.05, 0) is 46.5 Å². The summed E-state index contributed by atoms with van der Waals surface area (Å²) in [6, 6.07) is 28.1. The molecule has 6 nitrogen and oxygen atoms in total. The van der Waals surface area contributed by atoms with E-state index >= 15 is 0 Å². The molecule has 162 valence electrons. The lowest BCUT2D eigenvalue weighted by molar-refractivity contribution is 0.991. The minimum atomic E-state index is -0.566. The van der Waals surface area contributed by atoms with Crippen LogP contribution in [0.4, 0.5) is 0 Å². The summed E-state index contributed by atoms with van der Waals surface area (Å²) in [5.74, 6) is 0. The summed E-state index contributed by atoms with van der Waals surface area (Å²) in [4.78, 5) is 52.1. The number of nitrogens with zero attached hydrogens (tertiary/aromatic N) is 1. The van der Waals surface area contributed by atoms with Gasteiger partial charge in [0.15, 0.2) is 0 Å². The van der Waals surface area contributed by atoms with E-state index < -0.39 is 22.2 Å². The first kappa shape index (κ1) is 19.8. The Labute approximate surface area is 191 Å². The highest BCUT2D eigenvalue weighted by Gasteiger charge is 2.18. The van der Waals surface area contributed by atoms with Gasteiger partial charge >= 0.3 is 0 Å². The molecule has 0 aliphatic carbocycles. The van der Waals surface area contributed by atoms with Crippen LogP contribution in [0, 0.1) is 0 Å². The summed E-state index contributed by atoms with van der Waals surface area (Å²) in [5.41, 5.74) is 2.46.